The van der Waals surface area contributed by atoms with Crippen LogP contribution < -0.4 is 10.6 Å². The number of hydrogen-bond donors (Lipinski definition) is 2. The molecular weight excluding hydrogens is 427 g/mol. The molecule has 2 N–H and O–H groups in total. The van der Waals surface area contributed by atoms with Crippen LogP contribution in [0.15, 0.2) is 29.6 Å². The van der Waals surface area contributed by atoms with E-state index in [1.807, 2.05) is 6.92 Å². The fraction of sp³-hybridized carbons (Fsp3) is 0.400. The van der Waals surface area contributed by atoms with Gasteiger partial charge in [-0.3, -0.25) is 4.79 Å². The molecule has 0 fully saturated rings. The molecule has 0 spiro atoms. The monoisotopic (exact) mass is 450 g/mol. The Morgan fingerprint density at radius 1 is 1.33 bits per heavy atom. The maximum atomic E-state index is 13.2. The number of fused-ring (bicyclic) bond motifs is 1. The molecule has 30 heavy (non-hydrogen) atoms. The van der Waals surface area contributed by atoms with E-state index < -0.39 is 5.82 Å². The van der Waals surface area contributed by atoms with E-state index in [9.17, 15) is 9.18 Å². The van der Waals surface area contributed by atoms with E-state index in [2.05, 4.69) is 39.5 Å². The molecule has 0 aliphatic carbocycles. The first kappa shape index (κ1) is 22.3. The number of amides is 1. The largest absolute Gasteiger partial charge is 0.369 e. The summed E-state index contributed by atoms with van der Waals surface area (Å²) < 4.78 is 14.9. The minimum atomic E-state index is -0.484. The molecule has 160 valence electrons. The summed E-state index contributed by atoms with van der Waals surface area (Å²) in [6.45, 7) is 7.84. The van der Waals surface area contributed by atoms with Crippen molar-refractivity contribution in [2.24, 2.45) is 5.92 Å². The number of rotatable bonds is 9. The van der Waals surface area contributed by atoms with Crippen LogP contribution in [0.4, 0.5) is 10.2 Å². The van der Waals surface area contributed by atoms with Gasteiger partial charge in [0.25, 0.3) is 5.91 Å². The van der Waals surface area contributed by atoms with E-state index >= 15 is 0 Å². The molecule has 2 heterocycles. The Labute approximate surface area is 183 Å². The number of carbonyl (C=O) groups excluding carboxylic acids is 1. The first-order valence-electron chi connectivity index (χ1n) is 9.72. The minimum absolute atomic E-state index is 0.0758. The zero-order valence-electron chi connectivity index (χ0n) is 17.1. The van der Waals surface area contributed by atoms with E-state index in [1.165, 1.54) is 12.1 Å². The Bertz CT molecular complexity index is 1040. The van der Waals surface area contributed by atoms with Gasteiger partial charge in [0.1, 0.15) is 11.6 Å². The van der Waals surface area contributed by atoms with Crippen LogP contribution in [0.2, 0.25) is 5.02 Å². The van der Waals surface area contributed by atoms with Crippen LogP contribution >= 0.6 is 23.4 Å². The number of thioether (sulfide) groups is 1. The van der Waals surface area contributed by atoms with Gasteiger partial charge in [-0.1, -0.05) is 44.1 Å². The average molecular weight is 451 g/mol. The molecule has 0 unspecified atom stereocenters. The van der Waals surface area contributed by atoms with Crippen LogP contribution in [0.1, 0.15) is 31.1 Å². The Kier molecular flexibility index (Phi) is 7.49. The van der Waals surface area contributed by atoms with Crippen LogP contribution in [-0.2, 0) is 6.54 Å². The molecule has 0 aliphatic heterocycles. The van der Waals surface area contributed by atoms with Gasteiger partial charge in [0.05, 0.1) is 28.7 Å². The lowest BCUT2D eigenvalue weighted by molar-refractivity contribution is 0.0952. The van der Waals surface area contributed by atoms with Crippen molar-refractivity contribution >= 4 is 46.1 Å². The minimum Gasteiger partial charge on any atom is -0.369 e. The summed E-state index contributed by atoms with van der Waals surface area (Å²) in [5.74, 6) is 1.24. The first-order valence-corrected chi connectivity index (χ1v) is 11.1. The summed E-state index contributed by atoms with van der Waals surface area (Å²) in [5.41, 5.74) is 0.939. The summed E-state index contributed by atoms with van der Waals surface area (Å²) in [4.78, 5) is 21.6. The van der Waals surface area contributed by atoms with Gasteiger partial charge in [-0.25, -0.2) is 19.0 Å². The molecule has 0 bridgehead atoms. The normalized spacial score (nSPS) is 11.3. The van der Waals surface area contributed by atoms with Crippen molar-refractivity contribution in [3.63, 3.8) is 0 Å². The first-order chi connectivity index (χ1) is 14.4. The van der Waals surface area contributed by atoms with Crippen molar-refractivity contribution in [2.75, 3.05) is 24.2 Å². The maximum Gasteiger partial charge on any atom is 0.252 e. The number of carbonyl (C=O) groups is 1. The highest BCUT2D eigenvalue weighted by Gasteiger charge is 2.15. The van der Waals surface area contributed by atoms with Gasteiger partial charge < -0.3 is 10.6 Å². The molecule has 2 aromatic heterocycles. The SMILES string of the molecule is CCSc1nc(NCC(C)C)c2cnn(CCNC(=O)c3ccc(F)cc3Cl)c2n1. The zero-order chi connectivity index (χ0) is 21.7. The molecule has 7 nitrogen and oxygen atoms in total. The van der Waals surface area contributed by atoms with Crippen molar-refractivity contribution in [1.82, 2.24) is 25.1 Å². The summed E-state index contributed by atoms with van der Waals surface area (Å²) >= 11 is 7.51. The Morgan fingerprint density at radius 3 is 2.83 bits per heavy atom. The van der Waals surface area contributed by atoms with E-state index in [-0.39, 0.29) is 16.5 Å². The highest BCUT2D eigenvalue weighted by atomic mass is 35.5. The number of nitrogens with zero attached hydrogens (tertiary/aromatic N) is 4. The smallest absolute Gasteiger partial charge is 0.252 e. The number of aromatic nitrogens is 4. The van der Waals surface area contributed by atoms with Gasteiger partial charge in [-0.05, 0) is 29.9 Å². The molecule has 0 aliphatic rings. The highest BCUT2D eigenvalue weighted by Crippen LogP contribution is 2.24. The number of anilines is 1. The van der Waals surface area contributed by atoms with Crippen molar-refractivity contribution in [2.45, 2.75) is 32.5 Å². The van der Waals surface area contributed by atoms with E-state index in [0.717, 1.165) is 29.6 Å². The third kappa shape index (κ3) is 5.40. The lowest BCUT2D eigenvalue weighted by Crippen LogP contribution is -2.27. The van der Waals surface area contributed by atoms with Crippen LogP contribution in [0.3, 0.4) is 0 Å². The molecule has 0 atom stereocenters. The van der Waals surface area contributed by atoms with Gasteiger partial charge in [0.2, 0.25) is 0 Å². The maximum absolute atomic E-state index is 13.2. The standard InChI is InChI=1S/C20H24ClFN6OS/c1-4-30-20-26-17(24-10-12(2)3)15-11-25-28(18(15)27-20)8-7-23-19(29)14-6-5-13(22)9-16(14)21/h5-6,9,11-12H,4,7-8,10H2,1-3H3,(H,23,29)(H,24,26,27). The Hall–Kier alpha value is -2.39. The van der Waals surface area contributed by atoms with E-state index in [4.69, 9.17) is 11.6 Å². The molecule has 0 saturated carbocycles. The lowest BCUT2D eigenvalue weighted by Gasteiger charge is -2.11. The second-order valence-corrected chi connectivity index (χ2v) is 8.69. The van der Waals surface area contributed by atoms with Crippen LogP contribution in [0.5, 0.6) is 0 Å². The van der Waals surface area contributed by atoms with Gasteiger partial charge in [-0.15, -0.1) is 0 Å². The zero-order valence-corrected chi connectivity index (χ0v) is 18.6. The van der Waals surface area contributed by atoms with Crippen LogP contribution in [-0.4, -0.2) is 44.5 Å². The third-order valence-electron chi connectivity index (χ3n) is 4.21. The molecule has 0 saturated heterocycles. The molecule has 3 aromatic rings. The third-order valence-corrected chi connectivity index (χ3v) is 5.25. The molecule has 1 amide bonds. The molecule has 3 rings (SSSR count). The predicted molar refractivity (Wildman–Crippen MR) is 119 cm³/mol. The fourth-order valence-electron chi connectivity index (χ4n) is 2.77. The summed E-state index contributed by atoms with van der Waals surface area (Å²) in [7, 11) is 0. The molecular formula is C20H24ClFN6OS. The number of benzene rings is 1. The Morgan fingerprint density at radius 2 is 2.13 bits per heavy atom. The number of halogens is 2. The van der Waals surface area contributed by atoms with E-state index in [1.54, 1.807) is 22.6 Å². The molecule has 0 radical (unpaired) electrons. The summed E-state index contributed by atoms with van der Waals surface area (Å²) in [6, 6.07) is 3.69. The lowest BCUT2D eigenvalue weighted by atomic mass is 10.2. The second kappa shape index (κ2) is 10.1. The molecule has 10 heteroatoms. The molecule has 1 aromatic carbocycles. The van der Waals surface area contributed by atoms with Crippen molar-refractivity contribution in [3.8, 4) is 0 Å². The van der Waals surface area contributed by atoms with Gasteiger partial charge in [0.15, 0.2) is 10.8 Å². The topological polar surface area (TPSA) is 84.7 Å². The van der Waals surface area contributed by atoms with Crippen molar-refractivity contribution in [1.29, 1.82) is 0 Å². The van der Waals surface area contributed by atoms with Gasteiger partial charge in [-0.2, -0.15) is 5.10 Å². The Balaban J connectivity index is 1.74. The number of hydrogen-bond acceptors (Lipinski definition) is 6. The van der Waals surface area contributed by atoms with Gasteiger partial charge in [0, 0.05) is 13.1 Å². The van der Waals surface area contributed by atoms with Crippen molar-refractivity contribution in [3.05, 3.63) is 40.8 Å². The van der Waals surface area contributed by atoms with Crippen LogP contribution in [0.25, 0.3) is 11.0 Å². The summed E-state index contributed by atoms with van der Waals surface area (Å²) in [6.07, 6.45) is 1.73. The number of nitrogens with one attached hydrogen (secondary N) is 2. The quantitative estimate of drug-likeness (QED) is 0.375. The second-order valence-electron chi connectivity index (χ2n) is 7.05. The van der Waals surface area contributed by atoms with Crippen molar-refractivity contribution < 1.29 is 9.18 Å². The van der Waals surface area contributed by atoms with E-state index in [0.29, 0.717) is 29.8 Å². The highest BCUT2D eigenvalue weighted by molar-refractivity contribution is 7.99. The summed E-state index contributed by atoms with van der Waals surface area (Å²) in [5, 5.41) is 12.2. The fourth-order valence-corrected chi connectivity index (χ4v) is 3.59. The average Bonchev–Trinajstić information content (AvgIpc) is 3.09. The van der Waals surface area contributed by atoms with Crippen LogP contribution in [0, 0.1) is 11.7 Å². The van der Waals surface area contributed by atoms with Gasteiger partial charge >= 0.3 is 0 Å². The predicted octanol–water partition coefficient (Wildman–Crippen LogP) is 4.23.